The second kappa shape index (κ2) is 9.42. The lowest BCUT2D eigenvalue weighted by molar-refractivity contribution is -0.141. The minimum Gasteiger partial charge on any atom is -0.393 e. The first-order chi connectivity index (χ1) is 17.6. The molecule has 1 amide bonds. The highest BCUT2D eigenvalue weighted by molar-refractivity contribution is 6.03. The Kier molecular flexibility index (Phi) is 6.41. The third-order valence-corrected chi connectivity index (χ3v) is 6.95. The first-order valence-corrected chi connectivity index (χ1v) is 11.8. The van der Waals surface area contributed by atoms with Gasteiger partial charge in [-0.15, -0.1) is 0 Å². The van der Waals surface area contributed by atoms with Gasteiger partial charge < -0.3 is 20.1 Å². The third-order valence-electron chi connectivity index (χ3n) is 6.95. The van der Waals surface area contributed by atoms with Gasteiger partial charge in [0, 0.05) is 24.3 Å². The van der Waals surface area contributed by atoms with Crippen LogP contribution in [0.3, 0.4) is 0 Å². The highest BCUT2D eigenvalue weighted by Crippen LogP contribution is 2.42. The van der Waals surface area contributed by atoms with E-state index >= 15 is 4.39 Å². The molecule has 3 heterocycles. The van der Waals surface area contributed by atoms with Crippen molar-refractivity contribution >= 4 is 17.3 Å². The standard InChI is InChI=1S/C27H25F4N3O3/c1-16-5-8-19(32-25(36)21-3-2-4-23(33-21)27(29,30)31)12-20(16)17-6-7-18-13-26(28,15-35)24-14-37-10-9-34(24)22(18)11-17/h2-8,11-12,24,35H,9-10,13-15H2,1H3,(H,32,36)/t24-,26+/m0/s1. The number of nitrogens with zero attached hydrogens (tertiary/aromatic N) is 2. The largest absolute Gasteiger partial charge is 0.433 e. The van der Waals surface area contributed by atoms with Crippen molar-refractivity contribution in [3.05, 3.63) is 77.1 Å². The maximum atomic E-state index is 15.5. The van der Waals surface area contributed by atoms with Gasteiger partial charge in [0.1, 0.15) is 11.4 Å². The number of benzene rings is 2. The molecular formula is C27H25F4N3O3. The molecule has 3 aromatic rings. The fourth-order valence-corrected chi connectivity index (χ4v) is 4.99. The number of anilines is 2. The summed E-state index contributed by atoms with van der Waals surface area (Å²) in [7, 11) is 0. The van der Waals surface area contributed by atoms with Gasteiger partial charge in [-0.1, -0.05) is 24.3 Å². The minimum atomic E-state index is -4.65. The van der Waals surface area contributed by atoms with Crippen LogP contribution in [0.1, 0.15) is 27.3 Å². The summed E-state index contributed by atoms with van der Waals surface area (Å²) < 4.78 is 60.0. The van der Waals surface area contributed by atoms with Gasteiger partial charge in [0.2, 0.25) is 0 Å². The fourth-order valence-electron chi connectivity index (χ4n) is 4.99. The van der Waals surface area contributed by atoms with E-state index in [1.54, 1.807) is 18.2 Å². The van der Waals surface area contributed by atoms with Crippen molar-refractivity contribution in [2.24, 2.45) is 0 Å². The van der Waals surface area contributed by atoms with Crippen LogP contribution in [0.15, 0.2) is 54.6 Å². The Bertz CT molecular complexity index is 1350. The average molecular weight is 516 g/mol. The lowest BCUT2D eigenvalue weighted by Gasteiger charge is -2.48. The van der Waals surface area contributed by atoms with Gasteiger partial charge >= 0.3 is 6.18 Å². The van der Waals surface area contributed by atoms with Gasteiger partial charge in [0.05, 0.1) is 25.9 Å². The van der Waals surface area contributed by atoms with E-state index in [1.165, 1.54) is 6.07 Å². The summed E-state index contributed by atoms with van der Waals surface area (Å²) in [5.74, 6) is -0.759. The van der Waals surface area contributed by atoms with E-state index in [4.69, 9.17) is 4.74 Å². The molecule has 2 aliphatic rings. The van der Waals surface area contributed by atoms with E-state index in [0.29, 0.717) is 18.8 Å². The van der Waals surface area contributed by atoms with Crippen molar-refractivity contribution in [2.45, 2.75) is 31.2 Å². The molecule has 2 N–H and O–H groups in total. The summed E-state index contributed by atoms with van der Waals surface area (Å²) in [5.41, 5.74) is 1.33. The Morgan fingerprint density at radius 1 is 1.22 bits per heavy atom. The zero-order valence-electron chi connectivity index (χ0n) is 20.0. The number of ether oxygens (including phenoxy) is 1. The molecule has 6 nitrogen and oxygen atoms in total. The highest BCUT2D eigenvalue weighted by atomic mass is 19.4. The molecular weight excluding hydrogens is 490 g/mol. The monoisotopic (exact) mass is 515 g/mol. The van der Waals surface area contributed by atoms with Crippen molar-refractivity contribution in [1.82, 2.24) is 4.98 Å². The van der Waals surface area contributed by atoms with Crippen LogP contribution < -0.4 is 10.2 Å². The first-order valence-electron chi connectivity index (χ1n) is 11.8. The molecule has 1 saturated heterocycles. The number of carbonyl (C=O) groups excluding carboxylic acids is 1. The van der Waals surface area contributed by atoms with E-state index in [-0.39, 0.29) is 18.7 Å². The predicted octanol–water partition coefficient (Wildman–Crippen LogP) is 4.79. The number of aliphatic hydroxyl groups excluding tert-OH is 1. The van der Waals surface area contributed by atoms with Gasteiger partial charge in [0.15, 0.2) is 5.67 Å². The quantitative estimate of drug-likeness (QED) is 0.489. The summed E-state index contributed by atoms with van der Waals surface area (Å²) in [4.78, 5) is 18.0. The zero-order valence-corrected chi connectivity index (χ0v) is 20.0. The van der Waals surface area contributed by atoms with E-state index in [0.717, 1.165) is 40.1 Å². The van der Waals surface area contributed by atoms with Crippen molar-refractivity contribution in [2.75, 3.05) is 36.6 Å². The molecule has 0 unspecified atom stereocenters. The molecule has 0 saturated carbocycles. The van der Waals surface area contributed by atoms with Crippen molar-refractivity contribution in [3.63, 3.8) is 0 Å². The molecule has 1 aromatic heterocycles. The Morgan fingerprint density at radius 3 is 2.78 bits per heavy atom. The van der Waals surface area contributed by atoms with Crippen LogP contribution >= 0.6 is 0 Å². The second-order valence-corrected chi connectivity index (χ2v) is 9.39. The molecule has 5 rings (SSSR count). The number of rotatable bonds is 4. The Balaban J connectivity index is 1.45. The topological polar surface area (TPSA) is 74.7 Å². The molecule has 10 heteroatoms. The lowest BCUT2D eigenvalue weighted by Crippen LogP contribution is -2.62. The number of morpholine rings is 1. The maximum Gasteiger partial charge on any atom is 0.433 e. The molecule has 0 aliphatic carbocycles. The maximum absolute atomic E-state index is 15.5. The third kappa shape index (κ3) is 4.78. The molecule has 2 atom stereocenters. The molecule has 2 aromatic carbocycles. The number of pyridine rings is 1. The number of alkyl halides is 4. The van der Waals surface area contributed by atoms with Gasteiger partial charge in [0.25, 0.3) is 5.91 Å². The van der Waals surface area contributed by atoms with Crippen LogP contribution in [-0.2, 0) is 17.3 Å². The van der Waals surface area contributed by atoms with Gasteiger partial charge in [-0.25, -0.2) is 9.37 Å². The summed E-state index contributed by atoms with van der Waals surface area (Å²) >= 11 is 0. The van der Waals surface area contributed by atoms with E-state index < -0.39 is 36.1 Å². The average Bonchev–Trinajstić information content (AvgIpc) is 2.89. The summed E-state index contributed by atoms with van der Waals surface area (Å²) in [6, 6.07) is 13.5. The van der Waals surface area contributed by atoms with Crippen molar-refractivity contribution < 1.29 is 32.2 Å². The van der Waals surface area contributed by atoms with E-state index in [9.17, 15) is 23.1 Å². The Morgan fingerprint density at radius 2 is 2.03 bits per heavy atom. The van der Waals surface area contributed by atoms with Crippen molar-refractivity contribution in [1.29, 1.82) is 0 Å². The predicted molar refractivity (Wildman–Crippen MR) is 130 cm³/mol. The molecule has 0 spiro atoms. The van der Waals surface area contributed by atoms with Crippen LogP contribution in [0.25, 0.3) is 11.1 Å². The number of aliphatic hydroxyl groups is 1. The number of hydrogen-bond donors (Lipinski definition) is 2. The highest BCUT2D eigenvalue weighted by Gasteiger charge is 2.48. The lowest BCUT2D eigenvalue weighted by atomic mass is 9.82. The number of amides is 1. The van der Waals surface area contributed by atoms with Gasteiger partial charge in [-0.2, -0.15) is 13.2 Å². The molecule has 0 bridgehead atoms. The van der Waals surface area contributed by atoms with Gasteiger partial charge in [-0.05, 0) is 59.5 Å². The van der Waals surface area contributed by atoms with Crippen molar-refractivity contribution in [3.8, 4) is 11.1 Å². The minimum absolute atomic E-state index is 0.0721. The summed E-state index contributed by atoms with van der Waals surface area (Å²) in [6.45, 7) is 2.44. The zero-order chi connectivity index (χ0) is 26.4. The second-order valence-electron chi connectivity index (χ2n) is 9.39. The smallest absolute Gasteiger partial charge is 0.393 e. The number of carbonyl (C=O) groups is 1. The van der Waals surface area contributed by atoms with Gasteiger partial charge in [-0.3, -0.25) is 4.79 Å². The Hall–Kier alpha value is -3.50. The van der Waals surface area contributed by atoms with E-state index in [1.807, 2.05) is 30.0 Å². The Labute approximate surface area is 210 Å². The van der Waals surface area contributed by atoms with Crippen LogP contribution in [0.4, 0.5) is 28.9 Å². The molecule has 37 heavy (non-hydrogen) atoms. The summed E-state index contributed by atoms with van der Waals surface area (Å²) in [5, 5.41) is 12.4. The molecule has 194 valence electrons. The number of aryl methyl sites for hydroxylation is 1. The van der Waals surface area contributed by atoms with E-state index in [2.05, 4.69) is 10.3 Å². The SMILES string of the molecule is Cc1ccc(NC(=O)c2cccc(C(F)(F)F)n2)cc1-c1ccc2c(c1)N1CCOC[C@H]1[C@](F)(CO)C2. The number of nitrogens with one attached hydrogen (secondary N) is 1. The fraction of sp³-hybridized carbons (Fsp3) is 0.333. The molecule has 1 fully saturated rings. The number of hydrogen-bond acceptors (Lipinski definition) is 5. The van der Waals surface area contributed by atoms with Crippen LogP contribution in [0.5, 0.6) is 0 Å². The number of halogens is 4. The normalized spacial score (nSPS) is 21.2. The molecule has 2 aliphatic heterocycles. The van der Waals surface area contributed by atoms with Crippen LogP contribution in [0.2, 0.25) is 0 Å². The molecule has 0 radical (unpaired) electrons. The summed E-state index contributed by atoms with van der Waals surface area (Å²) in [6.07, 6.45) is -4.58. The van der Waals surface area contributed by atoms with Crippen LogP contribution in [0, 0.1) is 6.92 Å². The number of fused-ring (bicyclic) bond motifs is 3. The van der Waals surface area contributed by atoms with Crippen LogP contribution in [-0.4, -0.2) is 54.1 Å². The first kappa shape index (κ1) is 25.2. The number of aromatic nitrogens is 1.